The molecular formula is C14H10F3NO4. The molecule has 0 spiro atoms. The second-order valence-corrected chi connectivity index (χ2v) is 4.21. The number of nitro groups is 1. The monoisotopic (exact) mass is 313 g/mol. The summed E-state index contributed by atoms with van der Waals surface area (Å²) in [6.45, 7) is 0. The maximum Gasteiger partial charge on any atom is 0.416 e. The Balaban J connectivity index is 2.24. The number of rotatable bonds is 4. The Morgan fingerprint density at radius 1 is 1.05 bits per heavy atom. The molecule has 0 fully saturated rings. The summed E-state index contributed by atoms with van der Waals surface area (Å²) in [6, 6.07) is 7.91. The van der Waals surface area contributed by atoms with Gasteiger partial charge in [0, 0.05) is 0 Å². The van der Waals surface area contributed by atoms with Crippen LogP contribution >= 0.6 is 0 Å². The third kappa shape index (κ3) is 3.46. The molecule has 22 heavy (non-hydrogen) atoms. The summed E-state index contributed by atoms with van der Waals surface area (Å²) in [4.78, 5) is 10.2. The molecule has 0 aliphatic rings. The van der Waals surface area contributed by atoms with Crippen molar-refractivity contribution in [3.63, 3.8) is 0 Å². The number of nitrogens with zero attached hydrogens (tertiary/aromatic N) is 1. The maximum absolute atomic E-state index is 12.4. The fourth-order valence-electron chi connectivity index (χ4n) is 1.72. The first kappa shape index (κ1) is 15.6. The lowest BCUT2D eigenvalue weighted by molar-refractivity contribution is -0.385. The van der Waals surface area contributed by atoms with Crippen molar-refractivity contribution in [3.8, 4) is 17.2 Å². The van der Waals surface area contributed by atoms with E-state index in [1.165, 1.54) is 19.2 Å². The number of nitro benzene ring substituents is 1. The fraction of sp³-hybridized carbons (Fsp3) is 0.143. The van der Waals surface area contributed by atoms with Crippen LogP contribution in [-0.2, 0) is 6.18 Å². The molecule has 0 saturated carbocycles. The Bertz CT molecular complexity index is 683. The summed E-state index contributed by atoms with van der Waals surface area (Å²) in [5, 5.41) is 10.9. The lowest BCUT2D eigenvalue weighted by Crippen LogP contribution is -2.04. The number of alkyl halides is 3. The van der Waals surface area contributed by atoms with Gasteiger partial charge in [-0.25, -0.2) is 0 Å². The van der Waals surface area contributed by atoms with E-state index in [9.17, 15) is 23.3 Å². The third-order valence-electron chi connectivity index (χ3n) is 2.76. The van der Waals surface area contributed by atoms with Gasteiger partial charge in [-0.3, -0.25) is 10.1 Å². The van der Waals surface area contributed by atoms with Crippen LogP contribution in [-0.4, -0.2) is 12.0 Å². The molecule has 116 valence electrons. The minimum atomic E-state index is -4.43. The van der Waals surface area contributed by atoms with Crippen LogP contribution in [0, 0.1) is 10.1 Å². The van der Waals surface area contributed by atoms with Crippen LogP contribution in [0.5, 0.6) is 17.2 Å². The average Bonchev–Trinajstić information content (AvgIpc) is 2.46. The topological polar surface area (TPSA) is 61.6 Å². The number of ether oxygens (including phenoxy) is 2. The van der Waals surface area contributed by atoms with Gasteiger partial charge in [0.05, 0.1) is 23.7 Å². The lowest BCUT2D eigenvalue weighted by atomic mass is 10.2. The number of hydrogen-bond donors (Lipinski definition) is 0. The summed E-state index contributed by atoms with van der Waals surface area (Å²) in [5.41, 5.74) is -1.10. The highest BCUT2D eigenvalue weighted by Crippen LogP contribution is 2.34. The molecule has 0 saturated heterocycles. The van der Waals surface area contributed by atoms with E-state index < -0.39 is 16.7 Å². The minimum absolute atomic E-state index is 0.0600. The summed E-state index contributed by atoms with van der Waals surface area (Å²) >= 11 is 0. The van der Waals surface area contributed by atoms with E-state index in [1.54, 1.807) is 0 Å². The number of methoxy groups -OCH3 is 1. The second kappa shape index (κ2) is 5.92. The van der Waals surface area contributed by atoms with Gasteiger partial charge >= 0.3 is 11.9 Å². The molecule has 8 heteroatoms. The second-order valence-electron chi connectivity index (χ2n) is 4.21. The van der Waals surface area contributed by atoms with Gasteiger partial charge in [0.25, 0.3) is 0 Å². The first-order valence-electron chi connectivity index (χ1n) is 5.99. The standard InChI is InChI=1S/C14H10F3NO4/c1-21-13-7-6-11(8-12(13)18(19)20)22-10-4-2-9(3-5-10)14(15,16)17/h2-8H,1H3. The molecular weight excluding hydrogens is 303 g/mol. The molecule has 0 atom stereocenters. The molecule has 2 aromatic carbocycles. The molecule has 2 aromatic rings. The van der Waals surface area contributed by atoms with Crippen molar-refractivity contribution in [1.29, 1.82) is 0 Å². The van der Waals surface area contributed by atoms with E-state index in [4.69, 9.17) is 9.47 Å². The normalized spacial score (nSPS) is 11.1. The summed E-state index contributed by atoms with van der Waals surface area (Å²) in [7, 11) is 1.29. The lowest BCUT2D eigenvalue weighted by Gasteiger charge is -2.09. The minimum Gasteiger partial charge on any atom is -0.490 e. The van der Waals surface area contributed by atoms with E-state index in [2.05, 4.69) is 0 Å². The number of halogens is 3. The maximum atomic E-state index is 12.4. The van der Waals surface area contributed by atoms with Crippen LogP contribution < -0.4 is 9.47 Å². The Morgan fingerprint density at radius 2 is 1.64 bits per heavy atom. The molecule has 5 nitrogen and oxygen atoms in total. The van der Waals surface area contributed by atoms with E-state index in [1.807, 2.05) is 0 Å². The first-order valence-corrected chi connectivity index (χ1v) is 5.99. The van der Waals surface area contributed by atoms with Gasteiger partial charge < -0.3 is 9.47 Å². The summed E-state index contributed by atoms with van der Waals surface area (Å²) < 4.78 is 47.5. The molecule has 0 amide bonds. The summed E-state index contributed by atoms with van der Waals surface area (Å²) in [6.07, 6.45) is -4.43. The van der Waals surface area contributed by atoms with Crippen LogP contribution in [0.1, 0.15) is 5.56 Å². The highest BCUT2D eigenvalue weighted by atomic mass is 19.4. The molecule has 0 aliphatic heterocycles. The largest absolute Gasteiger partial charge is 0.490 e. The van der Waals surface area contributed by atoms with E-state index in [-0.39, 0.29) is 22.9 Å². The molecule has 0 radical (unpaired) electrons. The highest BCUT2D eigenvalue weighted by molar-refractivity contribution is 5.51. The van der Waals surface area contributed by atoms with E-state index >= 15 is 0 Å². The van der Waals surface area contributed by atoms with Crippen molar-refractivity contribution in [2.24, 2.45) is 0 Å². The van der Waals surface area contributed by atoms with Crippen LogP contribution in [0.3, 0.4) is 0 Å². The third-order valence-corrected chi connectivity index (χ3v) is 2.76. The van der Waals surface area contributed by atoms with Crippen LogP contribution in [0.2, 0.25) is 0 Å². The van der Waals surface area contributed by atoms with Gasteiger partial charge in [-0.1, -0.05) is 0 Å². The van der Waals surface area contributed by atoms with Crippen molar-refractivity contribution in [3.05, 3.63) is 58.1 Å². The highest BCUT2D eigenvalue weighted by Gasteiger charge is 2.30. The molecule has 0 bridgehead atoms. The van der Waals surface area contributed by atoms with Gasteiger partial charge in [0.1, 0.15) is 11.5 Å². The first-order chi connectivity index (χ1) is 10.3. The Morgan fingerprint density at radius 3 is 2.14 bits per heavy atom. The van der Waals surface area contributed by atoms with Crippen LogP contribution in [0.15, 0.2) is 42.5 Å². The van der Waals surface area contributed by atoms with Gasteiger partial charge in [0.2, 0.25) is 0 Å². The van der Waals surface area contributed by atoms with Crippen molar-refractivity contribution < 1.29 is 27.6 Å². The van der Waals surface area contributed by atoms with Crippen molar-refractivity contribution in [1.82, 2.24) is 0 Å². The average molecular weight is 313 g/mol. The van der Waals surface area contributed by atoms with E-state index in [0.717, 1.165) is 30.3 Å². The zero-order valence-corrected chi connectivity index (χ0v) is 11.3. The molecule has 0 aliphatic carbocycles. The number of benzene rings is 2. The Hall–Kier alpha value is -2.77. The van der Waals surface area contributed by atoms with Crippen molar-refractivity contribution >= 4 is 5.69 Å². The van der Waals surface area contributed by atoms with Crippen LogP contribution in [0.25, 0.3) is 0 Å². The molecule has 0 unspecified atom stereocenters. The van der Waals surface area contributed by atoms with Gasteiger partial charge in [-0.2, -0.15) is 13.2 Å². The van der Waals surface area contributed by atoms with Gasteiger partial charge in [-0.05, 0) is 36.4 Å². The Kier molecular flexibility index (Phi) is 4.20. The van der Waals surface area contributed by atoms with Gasteiger partial charge in [-0.15, -0.1) is 0 Å². The zero-order valence-electron chi connectivity index (χ0n) is 11.3. The molecule has 2 rings (SSSR count). The number of hydrogen-bond acceptors (Lipinski definition) is 4. The molecule has 0 N–H and O–H groups in total. The Labute approximate surface area is 123 Å². The quantitative estimate of drug-likeness (QED) is 0.619. The van der Waals surface area contributed by atoms with E-state index in [0.29, 0.717) is 0 Å². The molecule has 0 heterocycles. The summed E-state index contributed by atoms with van der Waals surface area (Å²) in [5.74, 6) is 0.310. The van der Waals surface area contributed by atoms with Crippen LogP contribution in [0.4, 0.5) is 18.9 Å². The smallest absolute Gasteiger partial charge is 0.416 e. The van der Waals surface area contributed by atoms with Gasteiger partial charge in [0.15, 0.2) is 5.75 Å². The predicted octanol–water partition coefficient (Wildman–Crippen LogP) is 4.41. The zero-order chi connectivity index (χ0) is 16.3. The van der Waals surface area contributed by atoms with Crippen molar-refractivity contribution in [2.45, 2.75) is 6.18 Å². The molecule has 0 aromatic heterocycles. The SMILES string of the molecule is COc1ccc(Oc2ccc(C(F)(F)F)cc2)cc1[N+](=O)[O-]. The predicted molar refractivity (Wildman–Crippen MR) is 71.2 cm³/mol. The van der Waals surface area contributed by atoms with Crippen molar-refractivity contribution in [2.75, 3.05) is 7.11 Å². The fourth-order valence-corrected chi connectivity index (χ4v) is 1.72.